The predicted octanol–water partition coefficient (Wildman–Crippen LogP) is -0.631. The third-order valence-corrected chi connectivity index (χ3v) is 5.35. The second-order valence-corrected chi connectivity index (χ2v) is 7.64. The minimum atomic E-state index is -1.66. The molecule has 1 aliphatic rings. The molecular weight excluding hydrogens is 402 g/mol. The zero-order valence-electron chi connectivity index (χ0n) is 16.0. The molecule has 1 saturated heterocycles. The Kier molecular flexibility index (Phi) is 8.34. The van der Waals surface area contributed by atoms with E-state index in [1.165, 1.54) is 12.3 Å². The lowest BCUT2D eigenvalue weighted by Crippen LogP contribution is -2.51. The molecular formula is C17H25N5O6S. The van der Waals surface area contributed by atoms with Crippen molar-refractivity contribution in [3.05, 3.63) is 34.9 Å². The van der Waals surface area contributed by atoms with Crippen LogP contribution in [0.25, 0.3) is 0 Å². The molecule has 1 aliphatic heterocycles. The number of aliphatic hydroxyl groups is 2. The largest absolute Gasteiger partial charge is 0.368 e. The normalized spacial score (nSPS) is 18.9. The van der Waals surface area contributed by atoms with Crippen LogP contribution in [0, 0.1) is 5.92 Å². The van der Waals surface area contributed by atoms with Gasteiger partial charge in [-0.1, -0.05) is 13.5 Å². The molecule has 1 fully saturated rings. The van der Waals surface area contributed by atoms with Gasteiger partial charge in [0.1, 0.15) is 0 Å². The monoisotopic (exact) mass is 427 g/mol. The minimum Gasteiger partial charge on any atom is -0.368 e. The van der Waals surface area contributed by atoms with Crippen LogP contribution in [0.5, 0.6) is 0 Å². The van der Waals surface area contributed by atoms with Gasteiger partial charge in [0.05, 0.1) is 12.5 Å². The summed E-state index contributed by atoms with van der Waals surface area (Å²) in [6.45, 7) is 5.75. The van der Waals surface area contributed by atoms with Gasteiger partial charge in [0, 0.05) is 12.6 Å². The molecule has 0 unspecified atom stereocenters. The lowest BCUT2D eigenvalue weighted by molar-refractivity contribution is -0.134. The summed E-state index contributed by atoms with van der Waals surface area (Å²) in [5.74, 6) is 6.10. The van der Waals surface area contributed by atoms with Crippen LogP contribution in [0.2, 0.25) is 0 Å². The van der Waals surface area contributed by atoms with E-state index in [1.54, 1.807) is 11.8 Å². The number of nitrogens with two attached hydrogens (primary N) is 1. The number of thioether (sulfide) groups is 1. The summed E-state index contributed by atoms with van der Waals surface area (Å²) in [4.78, 5) is 39.8. The zero-order chi connectivity index (χ0) is 21.6. The SMILES string of the molecule is C=C1[C@H](C(O)O)CO[C@H]1n1ccc(N(C=O)N(N)C(=O)CCCSCC)nc1=O. The van der Waals surface area contributed by atoms with E-state index in [0.717, 1.165) is 21.1 Å². The molecule has 0 radical (unpaired) electrons. The topological polar surface area (TPSA) is 151 Å². The van der Waals surface area contributed by atoms with Crippen LogP contribution in [0.1, 0.15) is 26.0 Å². The molecule has 0 saturated carbocycles. The van der Waals surface area contributed by atoms with Gasteiger partial charge in [-0.05, 0) is 29.6 Å². The van der Waals surface area contributed by atoms with Gasteiger partial charge in [-0.2, -0.15) is 26.9 Å². The second kappa shape index (κ2) is 10.5. The van der Waals surface area contributed by atoms with Crippen LogP contribution >= 0.6 is 11.8 Å². The van der Waals surface area contributed by atoms with Gasteiger partial charge < -0.3 is 14.9 Å². The third kappa shape index (κ3) is 5.42. The zero-order valence-corrected chi connectivity index (χ0v) is 16.8. The van der Waals surface area contributed by atoms with Crippen LogP contribution in [0.15, 0.2) is 29.2 Å². The molecule has 2 heterocycles. The molecule has 11 nitrogen and oxygen atoms in total. The highest BCUT2D eigenvalue weighted by Gasteiger charge is 2.35. The van der Waals surface area contributed by atoms with Crippen molar-refractivity contribution in [3.8, 4) is 0 Å². The van der Waals surface area contributed by atoms with E-state index < -0.39 is 30.0 Å². The number of rotatable bonds is 10. The Hall–Kier alpha value is -2.25. The first-order valence-corrected chi connectivity index (χ1v) is 10.1. The van der Waals surface area contributed by atoms with Crippen molar-refractivity contribution in [1.29, 1.82) is 0 Å². The molecule has 2 rings (SSSR count). The van der Waals surface area contributed by atoms with Crippen molar-refractivity contribution in [2.45, 2.75) is 32.3 Å². The van der Waals surface area contributed by atoms with Crippen LogP contribution in [-0.4, -0.2) is 61.6 Å². The minimum absolute atomic E-state index is 0.0166. The summed E-state index contributed by atoms with van der Waals surface area (Å²) in [6.07, 6.45) is -0.245. The molecule has 1 aromatic rings. The average molecular weight is 427 g/mol. The van der Waals surface area contributed by atoms with Crippen LogP contribution in [0.3, 0.4) is 0 Å². The summed E-state index contributed by atoms with van der Waals surface area (Å²) in [6, 6.07) is 1.31. The predicted molar refractivity (Wildman–Crippen MR) is 106 cm³/mol. The number of nitrogens with zero attached hydrogens (tertiary/aromatic N) is 4. The number of anilines is 1. The van der Waals surface area contributed by atoms with Crippen molar-refractivity contribution >= 4 is 29.9 Å². The van der Waals surface area contributed by atoms with Crippen molar-refractivity contribution in [3.63, 3.8) is 0 Å². The Morgan fingerprint density at radius 1 is 1.59 bits per heavy atom. The fourth-order valence-corrected chi connectivity index (χ4v) is 3.40. The van der Waals surface area contributed by atoms with Gasteiger partial charge in [0.2, 0.25) is 6.41 Å². The Balaban J connectivity index is 2.13. The first kappa shape index (κ1) is 23.0. The second-order valence-electron chi connectivity index (χ2n) is 6.25. The highest BCUT2D eigenvalue weighted by atomic mass is 32.2. The van der Waals surface area contributed by atoms with E-state index in [1.807, 2.05) is 6.92 Å². The van der Waals surface area contributed by atoms with Crippen molar-refractivity contribution in [2.75, 3.05) is 23.1 Å². The molecule has 2 amide bonds. The maximum absolute atomic E-state index is 12.4. The van der Waals surface area contributed by atoms with E-state index in [4.69, 9.17) is 10.6 Å². The summed E-state index contributed by atoms with van der Waals surface area (Å²) in [5, 5.41) is 20.0. The number of hydrazine groups is 2. The number of carbonyl (C=O) groups excluding carboxylic acids is 2. The fraction of sp³-hybridized carbons (Fsp3) is 0.529. The number of aromatic nitrogens is 2. The summed E-state index contributed by atoms with van der Waals surface area (Å²) in [5.41, 5.74) is -0.474. The molecule has 4 N–H and O–H groups in total. The summed E-state index contributed by atoms with van der Waals surface area (Å²) < 4.78 is 6.51. The highest BCUT2D eigenvalue weighted by molar-refractivity contribution is 7.99. The van der Waals surface area contributed by atoms with Gasteiger partial charge >= 0.3 is 5.69 Å². The first-order valence-electron chi connectivity index (χ1n) is 8.97. The maximum atomic E-state index is 12.4. The molecule has 2 atom stereocenters. The van der Waals surface area contributed by atoms with Crippen LogP contribution in [-0.2, 0) is 14.3 Å². The molecule has 12 heteroatoms. The van der Waals surface area contributed by atoms with Gasteiger partial charge in [-0.15, -0.1) is 0 Å². The quantitative estimate of drug-likeness (QED) is 0.0843. The summed E-state index contributed by atoms with van der Waals surface area (Å²) in [7, 11) is 0. The molecule has 1 aromatic heterocycles. The van der Waals surface area contributed by atoms with Gasteiger partial charge in [0.25, 0.3) is 5.91 Å². The van der Waals surface area contributed by atoms with Gasteiger partial charge in [0.15, 0.2) is 18.3 Å². The van der Waals surface area contributed by atoms with E-state index in [-0.39, 0.29) is 25.3 Å². The van der Waals surface area contributed by atoms with Gasteiger partial charge in [-0.3, -0.25) is 14.2 Å². The van der Waals surface area contributed by atoms with Crippen molar-refractivity contribution in [1.82, 2.24) is 14.7 Å². The van der Waals surface area contributed by atoms with E-state index in [0.29, 0.717) is 17.1 Å². The molecule has 0 aromatic carbocycles. The Bertz CT molecular complexity index is 801. The Morgan fingerprint density at radius 2 is 2.31 bits per heavy atom. The molecule has 160 valence electrons. The highest BCUT2D eigenvalue weighted by Crippen LogP contribution is 2.33. The number of hydrogen-bond acceptors (Lipinski definition) is 9. The number of aliphatic hydroxyl groups excluding tert-OH is 1. The van der Waals surface area contributed by atoms with E-state index in [2.05, 4.69) is 11.6 Å². The number of ether oxygens (including phenoxy) is 1. The third-order valence-electron chi connectivity index (χ3n) is 4.36. The Labute approximate surface area is 171 Å². The summed E-state index contributed by atoms with van der Waals surface area (Å²) >= 11 is 1.69. The standard InChI is InChI=1S/C17H25N5O6S/c1-3-29-8-4-5-14(24)22(18)21(10-23)13-6-7-20(17(27)19-13)15-11(2)12(9-28-15)16(25)26/h6-7,10,12,15-16,25-26H,2-5,8-9,18H2,1H3/t12-,15-/m1/s1. The maximum Gasteiger partial charge on any atom is 0.351 e. The number of carbonyl (C=O) groups is 2. The van der Waals surface area contributed by atoms with E-state index in [9.17, 15) is 24.6 Å². The average Bonchev–Trinajstić information content (AvgIpc) is 3.07. The first-order chi connectivity index (χ1) is 13.8. The molecule has 29 heavy (non-hydrogen) atoms. The molecule has 0 spiro atoms. The van der Waals surface area contributed by atoms with Gasteiger partial charge in [-0.25, -0.2) is 10.6 Å². The van der Waals surface area contributed by atoms with E-state index >= 15 is 0 Å². The molecule has 0 aliphatic carbocycles. The van der Waals surface area contributed by atoms with Crippen LogP contribution < -0.4 is 16.5 Å². The fourth-order valence-electron chi connectivity index (χ4n) is 2.76. The lowest BCUT2D eigenvalue weighted by Gasteiger charge is -2.26. The molecule has 0 bridgehead atoms. The van der Waals surface area contributed by atoms with Crippen LogP contribution in [0.4, 0.5) is 5.82 Å². The smallest absolute Gasteiger partial charge is 0.351 e. The van der Waals surface area contributed by atoms with Crippen molar-refractivity contribution < 1.29 is 24.5 Å². The number of amides is 2. The lowest BCUT2D eigenvalue weighted by atomic mass is 10.0. The Morgan fingerprint density at radius 3 is 2.86 bits per heavy atom. The van der Waals surface area contributed by atoms with Crippen molar-refractivity contribution in [2.24, 2.45) is 11.8 Å². The number of hydrogen-bond donors (Lipinski definition) is 3.